The summed E-state index contributed by atoms with van der Waals surface area (Å²) >= 11 is 0. The van der Waals surface area contributed by atoms with Gasteiger partial charge in [-0.15, -0.1) is 0 Å². The molecular weight excluding hydrogens is 197 g/mol. The molecule has 2 rings (SSSR count). The smallest absolute Gasteiger partial charge is 0.323 e. The van der Waals surface area contributed by atoms with E-state index in [0.29, 0.717) is 24.7 Å². The fraction of sp³-hybridized carbons (Fsp3) is 0.909. The summed E-state index contributed by atoms with van der Waals surface area (Å²) in [6.07, 6.45) is 0.381. The van der Waals surface area contributed by atoms with Crippen molar-refractivity contribution in [1.82, 2.24) is 5.32 Å². The van der Waals surface area contributed by atoms with E-state index in [1.807, 2.05) is 0 Å². The summed E-state index contributed by atoms with van der Waals surface area (Å²) in [7, 11) is 1.39. The lowest BCUT2D eigenvalue weighted by atomic mass is 9.72. The Labute approximate surface area is 89.4 Å². The normalized spacial score (nSPS) is 44.9. The van der Waals surface area contributed by atoms with E-state index in [9.17, 15) is 9.18 Å². The van der Waals surface area contributed by atoms with Crippen molar-refractivity contribution in [3.63, 3.8) is 0 Å². The average Bonchev–Trinajstić information content (AvgIpc) is 2.60. The number of esters is 1. The highest BCUT2D eigenvalue weighted by Crippen LogP contribution is 2.41. The van der Waals surface area contributed by atoms with Gasteiger partial charge in [-0.1, -0.05) is 6.92 Å². The molecule has 0 aromatic rings. The molecule has 0 aromatic heterocycles. The number of carbonyl (C=O) groups is 1. The molecule has 5 atom stereocenters. The van der Waals surface area contributed by atoms with Gasteiger partial charge in [0.2, 0.25) is 0 Å². The van der Waals surface area contributed by atoms with Gasteiger partial charge >= 0.3 is 5.97 Å². The van der Waals surface area contributed by atoms with E-state index in [-0.39, 0.29) is 17.9 Å². The van der Waals surface area contributed by atoms with Gasteiger partial charge in [0.25, 0.3) is 0 Å². The van der Waals surface area contributed by atoms with Crippen molar-refractivity contribution in [3.8, 4) is 0 Å². The Bertz CT molecular complexity index is 259. The van der Waals surface area contributed by atoms with Crippen LogP contribution in [-0.4, -0.2) is 31.8 Å². The second kappa shape index (κ2) is 4.08. The molecule has 3 nitrogen and oxygen atoms in total. The summed E-state index contributed by atoms with van der Waals surface area (Å²) in [6, 6.07) is -0.291. The minimum Gasteiger partial charge on any atom is -0.468 e. The molecule has 1 saturated carbocycles. The van der Waals surface area contributed by atoms with Crippen LogP contribution in [0.15, 0.2) is 0 Å². The van der Waals surface area contributed by atoms with Crippen LogP contribution in [0.1, 0.15) is 19.8 Å². The number of ether oxygens (including phenoxy) is 1. The zero-order valence-electron chi connectivity index (χ0n) is 9.20. The zero-order chi connectivity index (χ0) is 11.0. The van der Waals surface area contributed by atoms with Crippen molar-refractivity contribution in [2.75, 3.05) is 13.7 Å². The standard InChI is InChI=1S/C11H18FNO2/c1-6-3-7(12)4-8-9(6)5-13-10(8)11(14)15-2/h6-10,13H,3-5H2,1-2H3/t6-,7+,8-,9+,10-/m0/s1. The van der Waals surface area contributed by atoms with Gasteiger partial charge in [0.15, 0.2) is 0 Å². The molecule has 1 heterocycles. The van der Waals surface area contributed by atoms with Gasteiger partial charge in [-0.2, -0.15) is 0 Å². The number of alkyl halides is 1. The predicted octanol–water partition coefficient (Wildman–Crippen LogP) is 1.13. The summed E-state index contributed by atoms with van der Waals surface area (Å²) in [4.78, 5) is 11.5. The van der Waals surface area contributed by atoms with Crippen LogP contribution in [-0.2, 0) is 9.53 Å². The molecule has 2 fully saturated rings. The monoisotopic (exact) mass is 215 g/mol. The van der Waals surface area contributed by atoms with Gasteiger partial charge in [0, 0.05) is 0 Å². The minimum atomic E-state index is -0.756. The fourth-order valence-corrected chi connectivity index (χ4v) is 3.10. The van der Waals surface area contributed by atoms with Gasteiger partial charge in [-0.3, -0.25) is 4.79 Å². The maximum absolute atomic E-state index is 13.4. The highest BCUT2D eigenvalue weighted by molar-refractivity contribution is 5.76. The quantitative estimate of drug-likeness (QED) is 0.666. The fourth-order valence-electron chi connectivity index (χ4n) is 3.10. The van der Waals surface area contributed by atoms with Crippen molar-refractivity contribution in [2.24, 2.45) is 17.8 Å². The Balaban J connectivity index is 2.10. The first-order valence-electron chi connectivity index (χ1n) is 5.58. The van der Waals surface area contributed by atoms with Crippen LogP contribution in [0, 0.1) is 17.8 Å². The molecule has 86 valence electrons. The topological polar surface area (TPSA) is 38.3 Å². The number of carbonyl (C=O) groups excluding carboxylic acids is 1. The first-order chi connectivity index (χ1) is 7.13. The van der Waals surface area contributed by atoms with Crippen LogP contribution in [0.2, 0.25) is 0 Å². The summed E-state index contributed by atoms with van der Waals surface area (Å²) in [5.41, 5.74) is 0. The lowest BCUT2D eigenvalue weighted by Gasteiger charge is -2.34. The molecule has 0 radical (unpaired) electrons. The molecule has 1 saturated heterocycles. The Morgan fingerprint density at radius 1 is 1.40 bits per heavy atom. The van der Waals surface area contributed by atoms with Crippen LogP contribution in [0.5, 0.6) is 0 Å². The lowest BCUT2D eigenvalue weighted by Crippen LogP contribution is -2.40. The summed E-state index contributed by atoms with van der Waals surface area (Å²) < 4.78 is 18.2. The van der Waals surface area contributed by atoms with Gasteiger partial charge in [-0.25, -0.2) is 4.39 Å². The number of hydrogen-bond acceptors (Lipinski definition) is 3. The molecule has 1 aliphatic heterocycles. The third-order valence-corrected chi connectivity index (χ3v) is 3.89. The largest absolute Gasteiger partial charge is 0.468 e. The van der Waals surface area contributed by atoms with E-state index >= 15 is 0 Å². The third kappa shape index (κ3) is 1.87. The summed E-state index contributed by atoms with van der Waals surface area (Å²) in [5.74, 6) is 0.669. The van der Waals surface area contributed by atoms with Crippen LogP contribution < -0.4 is 5.32 Å². The zero-order valence-corrected chi connectivity index (χ0v) is 9.20. The minimum absolute atomic E-state index is 0.121. The summed E-state index contributed by atoms with van der Waals surface area (Å²) in [6.45, 7) is 2.89. The molecule has 2 aliphatic rings. The highest BCUT2D eigenvalue weighted by atomic mass is 19.1. The van der Waals surface area contributed by atoms with Crippen LogP contribution in [0.4, 0.5) is 4.39 Å². The molecule has 0 aromatic carbocycles. The summed E-state index contributed by atoms with van der Waals surface area (Å²) in [5, 5.41) is 3.16. The molecule has 0 amide bonds. The van der Waals surface area contributed by atoms with Gasteiger partial charge in [-0.05, 0) is 37.1 Å². The molecule has 0 spiro atoms. The number of halogens is 1. The molecule has 0 bridgehead atoms. The van der Waals surface area contributed by atoms with Gasteiger partial charge in [0.05, 0.1) is 7.11 Å². The lowest BCUT2D eigenvalue weighted by molar-refractivity contribution is -0.144. The molecule has 4 heteroatoms. The Morgan fingerprint density at radius 3 is 2.80 bits per heavy atom. The highest BCUT2D eigenvalue weighted by Gasteiger charge is 2.46. The maximum Gasteiger partial charge on any atom is 0.323 e. The van der Waals surface area contributed by atoms with Crippen molar-refractivity contribution in [2.45, 2.75) is 32.0 Å². The Hall–Kier alpha value is -0.640. The number of hydrogen-bond donors (Lipinski definition) is 1. The molecular formula is C11H18FNO2. The molecule has 1 aliphatic carbocycles. The number of nitrogens with one attached hydrogen (secondary N) is 1. The Kier molecular flexibility index (Phi) is 2.96. The second-order valence-corrected chi connectivity index (χ2v) is 4.78. The number of methoxy groups -OCH3 is 1. The van der Waals surface area contributed by atoms with E-state index in [1.54, 1.807) is 0 Å². The van der Waals surface area contributed by atoms with Crippen molar-refractivity contribution in [1.29, 1.82) is 0 Å². The SMILES string of the molecule is COC(=O)[C@H]1NC[C@H]2[C@@H]1C[C@H](F)C[C@@H]2C. The van der Waals surface area contributed by atoms with Gasteiger partial charge < -0.3 is 10.1 Å². The first-order valence-corrected chi connectivity index (χ1v) is 5.58. The molecule has 1 N–H and O–H groups in total. The predicted molar refractivity (Wildman–Crippen MR) is 54.1 cm³/mol. The molecule has 15 heavy (non-hydrogen) atoms. The maximum atomic E-state index is 13.4. The van der Waals surface area contributed by atoms with Crippen LogP contribution in [0.25, 0.3) is 0 Å². The van der Waals surface area contributed by atoms with Crippen molar-refractivity contribution >= 4 is 5.97 Å². The number of rotatable bonds is 1. The molecule has 0 unspecified atom stereocenters. The first kappa shape index (κ1) is 10.9. The second-order valence-electron chi connectivity index (χ2n) is 4.78. The third-order valence-electron chi connectivity index (χ3n) is 3.89. The van der Waals surface area contributed by atoms with Crippen molar-refractivity contribution in [3.05, 3.63) is 0 Å². The van der Waals surface area contributed by atoms with Crippen molar-refractivity contribution < 1.29 is 13.9 Å². The van der Waals surface area contributed by atoms with Crippen LogP contribution in [0.3, 0.4) is 0 Å². The van der Waals surface area contributed by atoms with Gasteiger partial charge in [0.1, 0.15) is 12.2 Å². The van der Waals surface area contributed by atoms with E-state index in [1.165, 1.54) is 7.11 Å². The van der Waals surface area contributed by atoms with E-state index in [0.717, 1.165) is 6.54 Å². The van der Waals surface area contributed by atoms with E-state index in [2.05, 4.69) is 12.2 Å². The van der Waals surface area contributed by atoms with E-state index in [4.69, 9.17) is 4.74 Å². The Morgan fingerprint density at radius 2 is 2.13 bits per heavy atom. The van der Waals surface area contributed by atoms with E-state index < -0.39 is 6.17 Å². The van der Waals surface area contributed by atoms with Crippen LogP contribution >= 0.6 is 0 Å². The number of fused-ring (bicyclic) bond motifs is 1. The average molecular weight is 215 g/mol.